The molecule has 4 heteroatoms. The van der Waals surface area contributed by atoms with Crippen molar-refractivity contribution < 1.29 is 14.6 Å². The summed E-state index contributed by atoms with van der Waals surface area (Å²) in [4.78, 5) is 14.0. The number of carbonyl (C=O) groups is 1. The molecule has 0 unspecified atom stereocenters. The number of likely N-dealkylation sites (N-methyl/N-ethyl adjacent to an activating group) is 1. The van der Waals surface area contributed by atoms with Gasteiger partial charge in [-0.1, -0.05) is 23.8 Å². The highest BCUT2D eigenvalue weighted by molar-refractivity contribution is 5.79. The Bertz CT molecular complexity index is 507. The molecule has 1 heterocycles. The van der Waals surface area contributed by atoms with Crippen molar-refractivity contribution in [2.75, 3.05) is 26.8 Å². The summed E-state index contributed by atoms with van der Waals surface area (Å²) in [7, 11) is 1.76. The molecule has 0 aromatic heterocycles. The first-order chi connectivity index (χ1) is 9.89. The second-order valence-electron chi connectivity index (χ2n) is 6.19. The van der Waals surface area contributed by atoms with E-state index in [4.69, 9.17) is 4.74 Å². The number of aryl methyl sites for hydroxylation is 2. The fraction of sp³-hybridized carbons (Fsp3) is 0.588. The van der Waals surface area contributed by atoms with Crippen LogP contribution >= 0.6 is 0 Å². The molecule has 21 heavy (non-hydrogen) atoms. The summed E-state index contributed by atoms with van der Waals surface area (Å²) >= 11 is 0. The van der Waals surface area contributed by atoms with Gasteiger partial charge in [-0.25, -0.2) is 0 Å². The molecule has 0 bridgehead atoms. The van der Waals surface area contributed by atoms with Crippen LogP contribution in [0.25, 0.3) is 0 Å². The number of amides is 1. The molecule has 0 saturated carbocycles. The van der Waals surface area contributed by atoms with Gasteiger partial charge in [-0.15, -0.1) is 0 Å². The van der Waals surface area contributed by atoms with Gasteiger partial charge in [0.1, 0.15) is 0 Å². The van der Waals surface area contributed by atoms with Gasteiger partial charge >= 0.3 is 0 Å². The molecule has 1 aliphatic heterocycles. The van der Waals surface area contributed by atoms with Crippen molar-refractivity contribution in [1.82, 2.24) is 4.90 Å². The summed E-state index contributed by atoms with van der Waals surface area (Å²) in [5, 5.41) is 10.5. The Hall–Kier alpha value is -1.39. The van der Waals surface area contributed by atoms with E-state index >= 15 is 0 Å². The Kier molecular flexibility index (Phi) is 5.01. The number of rotatable bonds is 4. The number of hydrogen-bond acceptors (Lipinski definition) is 3. The first-order valence-electron chi connectivity index (χ1n) is 7.50. The van der Waals surface area contributed by atoms with Crippen molar-refractivity contribution in [2.45, 2.75) is 38.7 Å². The predicted molar refractivity (Wildman–Crippen MR) is 82.3 cm³/mol. The number of aliphatic hydroxyl groups is 1. The van der Waals surface area contributed by atoms with E-state index in [0.29, 0.717) is 39.0 Å². The van der Waals surface area contributed by atoms with Crippen LogP contribution < -0.4 is 0 Å². The van der Waals surface area contributed by atoms with E-state index in [9.17, 15) is 9.90 Å². The minimum atomic E-state index is -0.801. The molecular weight excluding hydrogens is 266 g/mol. The highest BCUT2D eigenvalue weighted by atomic mass is 16.5. The average molecular weight is 291 g/mol. The summed E-state index contributed by atoms with van der Waals surface area (Å²) in [6.45, 7) is 5.56. The normalized spacial score (nSPS) is 17.5. The van der Waals surface area contributed by atoms with Crippen molar-refractivity contribution in [1.29, 1.82) is 0 Å². The third-order valence-corrected chi connectivity index (χ3v) is 4.23. The zero-order valence-electron chi connectivity index (χ0n) is 13.2. The van der Waals surface area contributed by atoms with E-state index in [-0.39, 0.29) is 5.91 Å². The van der Waals surface area contributed by atoms with Crippen molar-refractivity contribution in [3.8, 4) is 0 Å². The van der Waals surface area contributed by atoms with E-state index in [1.54, 1.807) is 11.9 Å². The van der Waals surface area contributed by atoms with Crippen LogP contribution in [0.4, 0.5) is 0 Å². The Labute approximate surface area is 126 Å². The zero-order valence-corrected chi connectivity index (χ0v) is 13.2. The molecule has 1 N–H and O–H groups in total. The third kappa shape index (κ3) is 4.29. The Morgan fingerprint density at radius 2 is 2.00 bits per heavy atom. The standard InChI is InChI=1S/C17H25NO3/c1-13-4-5-14(2)15(10-13)11-16(19)18(3)12-17(20)6-8-21-9-7-17/h4-5,10,20H,6-9,11-12H2,1-3H3. The van der Waals surface area contributed by atoms with E-state index in [2.05, 4.69) is 12.1 Å². The predicted octanol–water partition coefficient (Wildman–Crippen LogP) is 1.85. The van der Waals surface area contributed by atoms with Crippen LogP contribution in [0.2, 0.25) is 0 Å². The van der Waals surface area contributed by atoms with Crippen molar-refractivity contribution >= 4 is 5.91 Å². The maximum absolute atomic E-state index is 12.4. The van der Waals surface area contributed by atoms with Gasteiger partial charge in [0.25, 0.3) is 0 Å². The maximum atomic E-state index is 12.4. The highest BCUT2D eigenvalue weighted by Gasteiger charge is 2.32. The largest absolute Gasteiger partial charge is 0.388 e. The van der Waals surface area contributed by atoms with Gasteiger partial charge < -0.3 is 14.7 Å². The van der Waals surface area contributed by atoms with E-state index in [1.165, 1.54) is 0 Å². The number of nitrogens with zero attached hydrogens (tertiary/aromatic N) is 1. The first kappa shape index (κ1) is 16.0. The van der Waals surface area contributed by atoms with E-state index < -0.39 is 5.60 Å². The lowest BCUT2D eigenvalue weighted by atomic mass is 9.93. The summed E-state index contributed by atoms with van der Waals surface area (Å²) in [6, 6.07) is 6.16. The van der Waals surface area contributed by atoms with Crippen LogP contribution in [0.1, 0.15) is 29.5 Å². The Balaban J connectivity index is 1.97. The number of benzene rings is 1. The molecule has 116 valence electrons. The second-order valence-corrected chi connectivity index (χ2v) is 6.19. The number of carbonyl (C=O) groups excluding carboxylic acids is 1. The van der Waals surface area contributed by atoms with Crippen LogP contribution in [0.5, 0.6) is 0 Å². The highest BCUT2D eigenvalue weighted by Crippen LogP contribution is 2.22. The van der Waals surface area contributed by atoms with Gasteiger partial charge in [0.05, 0.1) is 12.0 Å². The van der Waals surface area contributed by atoms with Crippen LogP contribution in [0.15, 0.2) is 18.2 Å². The lowest BCUT2D eigenvalue weighted by Gasteiger charge is -2.35. The van der Waals surface area contributed by atoms with Crippen LogP contribution in [-0.2, 0) is 16.0 Å². The van der Waals surface area contributed by atoms with Gasteiger partial charge in [-0.05, 0) is 25.0 Å². The molecule has 4 nitrogen and oxygen atoms in total. The second kappa shape index (κ2) is 6.58. The molecule has 1 aromatic rings. The molecular formula is C17H25NO3. The van der Waals surface area contributed by atoms with Gasteiger partial charge in [0, 0.05) is 39.6 Å². The third-order valence-electron chi connectivity index (χ3n) is 4.23. The van der Waals surface area contributed by atoms with Gasteiger partial charge in [0.2, 0.25) is 5.91 Å². The minimum Gasteiger partial charge on any atom is -0.388 e. The fourth-order valence-corrected chi connectivity index (χ4v) is 2.73. The molecule has 2 rings (SSSR count). The van der Waals surface area contributed by atoms with Crippen molar-refractivity contribution in [3.63, 3.8) is 0 Å². The Morgan fingerprint density at radius 3 is 2.67 bits per heavy atom. The van der Waals surface area contributed by atoms with Gasteiger partial charge in [-0.3, -0.25) is 4.79 Å². The lowest BCUT2D eigenvalue weighted by Crippen LogP contribution is -2.47. The molecule has 0 atom stereocenters. The maximum Gasteiger partial charge on any atom is 0.226 e. The molecule has 1 saturated heterocycles. The van der Waals surface area contributed by atoms with Crippen LogP contribution in [0.3, 0.4) is 0 Å². The quantitative estimate of drug-likeness (QED) is 0.921. The molecule has 1 amide bonds. The minimum absolute atomic E-state index is 0.0450. The SMILES string of the molecule is Cc1ccc(C)c(CC(=O)N(C)CC2(O)CCOCC2)c1. The molecule has 0 radical (unpaired) electrons. The summed E-state index contributed by atoms with van der Waals surface area (Å²) in [6.07, 6.45) is 1.57. The molecule has 0 spiro atoms. The summed E-state index contributed by atoms with van der Waals surface area (Å²) in [5.74, 6) is 0.0450. The molecule has 0 aliphatic carbocycles. The lowest BCUT2D eigenvalue weighted by molar-refractivity contribution is -0.136. The molecule has 1 aliphatic rings. The van der Waals surface area contributed by atoms with E-state index in [1.807, 2.05) is 19.9 Å². The van der Waals surface area contributed by atoms with Crippen molar-refractivity contribution in [3.05, 3.63) is 34.9 Å². The van der Waals surface area contributed by atoms with Crippen molar-refractivity contribution in [2.24, 2.45) is 0 Å². The summed E-state index contributed by atoms with van der Waals surface area (Å²) in [5.41, 5.74) is 2.55. The molecule has 1 aromatic carbocycles. The fourth-order valence-electron chi connectivity index (χ4n) is 2.73. The summed E-state index contributed by atoms with van der Waals surface area (Å²) < 4.78 is 5.27. The van der Waals surface area contributed by atoms with Gasteiger partial charge in [-0.2, -0.15) is 0 Å². The first-order valence-corrected chi connectivity index (χ1v) is 7.50. The topological polar surface area (TPSA) is 49.8 Å². The molecule has 1 fully saturated rings. The van der Waals surface area contributed by atoms with Gasteiger partial charge in [0.15, 0.2) is 0 Å². The smallest absolute Gasteiger partial charge is 0.226 e. The average Bonchev–Trinajstić information content (AvgIpc) is 2.43. The van der Waals surface area contributed by atoms with Crippen LogP contribution in [0, 0.1) is 13.8 Å². The number of hydrogen-bond donors (Lipinski definition) is 1. The van der Waals surface area contributed by atoms with Crippen LogP contribution in [-0.4, -0.2) is 48.3 Å². The Morgan fingerprint density at radius 1 is 1.33 bits per heavy atom. The van der Waals surface area contributed by atoms with E-state index in [0.717, 1.165) is 16.7 Å². The zero-order chi connectivity index (χ0) is 15.5. The monoisotopic (exact) mass is 291 g/mol. The number of ether oxygens (including phenoxy) is 1.